The molecule has 0 radical (unpaired) electrons. The van der Waals surface area contributed by atoms with Crippen LogP contribution in [0, 0.1) is 3.57 Å². The van der Waals surface area contributed by atoms with Gasteiger partial charge >= 0.3 is 6.18 Å². The van der Waals surface area contributed by atoms with E-state index in [4.69, 9.17) is 17.3 Å². The van der Waals surface area contributed by atoms with Gasteiger partial charge in [0.2, 0.25) is 0 Å². The summed E-state index contributed by atoms with van der Waals surface area (Å²) in [7, 11) is 0. The Morgan fingerprint density at radius 3 is 2.50 bits per heavy atom. The summed E-state index contributed by atoms with van der Waals surface area (Å²) in [4.78, 5) is 3.56. The van der Waals surface area contributed by atoms with Crippen molar-refractivity contribution in [1.82, 2.24) is 4.98 Å². The fourth-order valence-electron chi connectivity index (χ4n) is 0.867. The van der Waals surface area contributed by atoms with Crippen LogP contribution in [0.3, 0.4) is 0 Å². The van der Waals surface area contributed by atoms with E-state index in [2.05, 4.69) is 4.98 Å². The van der Waals surface area contributed by atoms with Crippen molar-refractivity contribution in [3.05, 3.63) is 26.5 Å². The summed E-state index contributed by atoms with van der Waals surface area (Å²) >= 11 is 7.27. The maximum Gasteiger partial charge on any atom is 0.407 e. The first-order chi connectivity index (χ1) is 6.34. The molecule has 0 saturated heterocycles. The highest BCUT2D eigenvalue weighted by atomic mass is 127. The number of hydrogen-bond donors (Lipinski definition) is 1. The monoisotopic (exact) mass is 336 g/mol. The van der Waals surface area contributed by atoms with E-state index in [-0.39, 0.29) is 10.7 Å². The molecule has 0 bridgehead atoms. The summed E-state index contributed by atoms with van der Waals surface area (Å²) in [5, 5.41) is -0.207. The second-order valence-corrected chi connectivity index (χ2v) is 4.04. The second-order valence-electron chi connectivity index (χ2n) is 2.52. The van der Waals surface area contributed by atoms with Crippen LogP contribution in [-0.4, -0.2) is 11.2 Å². The first kappa shape index (κ1) is 12.0. The Morgan fingerprint density at radius 1 is 1.50 bits per heavy atom. The molecule has 0 aliphatic carbocycles. The summed E-state index contributed by atoms with van der Waals surface area (Å²) in [6, 6.07) is -0.663. The van der Waals surface area contributed by atoms with Crippen LogP contribution in [0.2, 0.25) is 5.15 Å². The number of pyridine rings is 1. The summed E-state index contributed by atoms with van der Waals surface area (Å²) in [6.07, 6.45) is -3.18. The van der Waals surface area contributed by atoms with Crippen LogP contribution in [0.4, 0.5) is 13.2 Å². The third-order valence-corrected chi connectivity index (χ3v) is 2.79. The van der Waals surface area contributed by atoms with E-state index in [1.807, 2.05) is 0 Å². The Bertz CT molecular complexity index is 322. The number of halogens is 5. The molecule has 0 spiro atoms. The number of hydrogen-bond acceptors (Lipinski definition) is 2. The van der Waals surface area contributed by atoms with Gasteiger partial charge in [-0.3, -0.25) is 0 Å². The lowest BCUT2D eigenvalue weighted by atomic mass is 10.1. The van der Waals surface area contributed by atoms with Gasteiger partial charge in [-0.25, -0.2) is 4.98 Å². The SMILES string of the molecule is NC(c1c(I)ccnc1Cl)C(F)(F)F. The molecule has 1 aromatic rings. The standard InChI is InChI=1S/C7H5ClF3IN2/c8-6-4(3(12)1-2-14-6)5(13)7(9,10)11/h1-2,5H,13H2. The molecule has 0 aliphatic heterocycles. The van der Waals surface area contributed by atoms with Crippen molar-refractivity contribution in [2.24, 2.45) is 5.73 Å². The lowest BCUT2D eigenvalue weighted by Crippen LogP contribution is -2.29. The average Bonchev–Trinajstić information content (AvgIpc) is 2.01. The molecule has 1 rings (SSSR count). The van der Waals surface area contributed by atoms with Gasteiger partial charge in [0.05, 0.1) is 0 Å². The third kappa shape index (κ3) is 2.48. The molecule has 0 amide bonds. The van der Waals surface area contributed by atoms with Crippen LogP contribution >= 0.6 is 34.2 Å². The molecule has 2 nitrogen and oxygen atoms in total. The molecule has 0 fully saturated rings. The Balaban J connectivity index is 3.19. The first-order valence-corrected chi connectivity index (χ1v) is 4.92. The highest BCUT2D eigenvalue weighted by Gasteiger charge is 2.40. The zero-order valence-electron chi connectivity index (χ0n) is 6.65. The van der Waals surface area contributed by atoms with Crippen molar-refractivity contribution in [3.8, 4) is 0 Å². The Hall–Kier alpha value is -0.0800. The van der Waals surface area contributed by atoms with Crippen molar-refractivity contribution in [3.63, 3.8) is 0 Å². The Kier molecular flexibility index (Phi) is 3.59. The van der Waals surface area contributed by atoms with Crippen LogP contribution in [-0.2, 0) is 0 Å². The molecule has 0 aliphatic rings. The second kappa shape index (κ2) is 4.19. The van der Waals surface area contributed by atoms with E-state index in [1.54, 1.807) is 22.6 Å². The van der Waals surface area contributed by atoms with E-state index in [9.17, 15) is 13.2 Å². The van der Waals surface area contributed by atoms with Gasteiger partial charge in [0.1, 0.15) is 11.2 Å². The van der Waals surface area contributed by atoms with Crippen LogP contribution in [0.25, 0.3) is 0 Å². The third-order valence-electron chi connectivity index (χ3n) is 1.55. The normalized spacial score (nSPS) is 14.1. The van der Waals surface area contributed by atoms with Crippen molar-refractivity contribution in [2.45, 2.75) is 12.2 Å². The van der Waals surface area contributed by atoms with E-state index >= 15 is 0 Å². The number of nitrogens with two attached hydrogens (primary N) is 1. The van der Waals surface area contributed by atoms with Gasteiger partial charge in [0, 0.05) is 15.3 Å². The maximum absolute atomic E-state index is 12.3. The van der Waals surface area contributed by atoms with E-state index in [0.717, 1.165) is 0 Å². The van der Waals surface area contributed by atoms with Gasteiger partial charge in [-0.2, -0.15) is 13.2 Å². The van der Waals surface area contributed by atoms with Crippen molar-refractivity contribution >= 4 is 34.2 Å². The number of aromatic nitrogens is 1. The number of rotatable bonds is 1. The fraction of sp³-hybridized carbons (Fsp3) is 0.286. The first-order valence-electron chi connectivity index (χ1n) is 3.46. The van der Waals surface area contributed by atoms with E-state index in [1.165, 1.54) is 12.3 Å². The quantitative estimate of drug-likeness (QED) is 0.633. The molecule has 2 N–H and O–H groups in total. The number of nitrogens with zero attached hydrogens (tertiary/aromatic N) is 1. The van der Waals surface area contributed by atoms with Crippen LogP contribution in [0.1, 0.15) is 11.6 Å². The molecule has 0 aromatic carbocycles. The Morgan fingerprint density at radius 2 is 2.07 bits per heavy atom. The van der Waals surface area contributed by atoms with Crippen molar-refractivity contribution < 1.29 is 13.2 Å². The maximum atomic E-state index is 12.3. The molecular formula is C7H5ClF3IN2. The fourth-order valence-corrected chi connectivity index (χ4v) is 2.05. The summed E-state index contributed by atoms with van der Waals surface area (Å²) < 4.78 is 37.2. The van der Waals surface area contributed by atoms with Gasteiger partial charge in [0.25, 0.3) is 0 Å². The van der Waals surface area contributed by atoms with E-state index in [0.29, 0.717) is 3.57 Å². The van der Waals surface area contributed by atoms with Gasteiger partial charge in [-0.15, -0.1) is 0 Å². The molecule has 1 heterocycles. The number of alkyl halides is 3. The lowest BCUT2D eigenvalue weighted by molar-refractivity contribution is -0.149. The molecule has 1 aromatic heterocycles. The van der Waals surface area contributed by atoms with Gasteiger partial charge in [-0.1, -0.05) is 11.6 Å². The summed E-state index contributed by atoms with van der Waals surface area (Å²) in [5.41, 5.74) is 4.84. The summed E-state index contributed by atoms with van der Waals surface area (Å²) in [5.74, 6) is 0. The largest absolute Gasteiger partial charge is 0.407 e. The van der Waals surface area contributed by atoms with Crippen LogP contribution < -0.4 is 5.73 Å². The molecular weight excluding hydrogens is 331 g/mol. The lowest BCUT2D eigenvalue weighted by Gasteiger charge is -2.17. The smallest absolute Gasteiger partial charge is 0.316 e. The predicted octanol–water partition coefficient (Wildman–Crippen LogP) is 2.90. The van der Waals surface area contributed by atoms with Gasteiger partial charge in [0.15, 0.2) is 0 Å². The van der Waals surface area contributed by atoms with Crippen molar-refractivity contribution in [1.29, 1.82) is 0 Å². The molecule has 14 heavy (non-hydrogen) atoms. The Labute approximate surface area is 96.8 Å². The highest BCUT2D eigenvalue weighted by molar-refractivity contribution is 14.1. The minimum Gasteiger partial charge on any atom is -0.316 e. The summed E-state index contributed by atoms with van der Waals surface area (Å²) in [6.45, 7) is 0. The van der Waals surface area contributed by atoms with Gasteiger partial charge < -0.3 is 5.73 Å². The minimum absolute atomic E-state index is 0.178. The van der Waals surface area contributed by atoms with Gasteiger partial charge in [-0.05, 0) is 28.7 Å². The zero-order valence-corrected chi connectivity index (χ0v) is 9.56. The highest BCUT2D eigenvalue weighted by Crippen LogP contribution is 2.35. The topological polar surface area (TPSA) is 38.9 Å². The predicted molar refractivity (Wildman–Crippen MR) is 54.9 cm³/mol. The molecule has 1 unspecified atom stereocenters. The van der Waals surface area contributed by atoms with Crippen LogP contribution in [0.5, 0.6) is 0 Å². The molecule has 7 heteroatoms. The molecule has 0 saturated carbocycles. The van der Waals surface area contributed by atoms with Crippen molar-refractivity contribution in [2.75, 3.05) is 0 Å². The minimum atomic E-state index is -4.51. The molecule has 78 valence electrons. The molecule has 1 atom stereocenters. The van der Waals surface area contributed by atoms with Crippen LogP contribution in [0.15, 0.2) is 12.3 Å². The van der Waals surface area contributed by atoms with E-state index < -0.39 is 12.2 Å². The zero-order chi connectivity index (χ0) is 10.9. The average molecular weight is 336 g/mol.